The van der Waals surface area contributed by atoms with Crippen molar-refractivity contribution in [1.82, 2.24) is 0 Å². The predicted octanol–water partition coefficient (Wildman–Crippen LogP) is -3.83. The van der Waals surface area contributed by atoms with Gasteiger partial charge in [-0.05, 0) is 11.1 Å². The van der Waals surface area contributed by atoms with Gasteiger partial charge in [0.25, 0.3) is 0 Å². The van der Waals surface area contributed by atoms with Crippen molar-refractivity contribution in [2.75, 3.05) is 0 Å². The van der Waals surface area contributed by atoms with Crippen LogP contribution in [0.2, 0.25) is 0 Å². The molecule has 2 rings (SSSR count). The van der Waals surface area contributed by atoms with Crippen LogP contribution in [-0.2, 0) is 5.41 Å². The zero-order valence-corrected chi connectivity index (χ0v) is 15.9. The SMILES string of the molecule is CC(C)(c1ccc([O-])cc1)c1ccc([O-])cc1.[Na+].[Na+]. The predicted molar refractivity (Wildman–Crippen MR) is 63.9 cm³/mol. The van der Waals surface area contributed by atoms with Crippen molar-refractivity contribution in [3.8, 4) is 11.5 Å². The summed E-state index contributed by atoms with van der Waals surface area (Å²) in [4.78, 5) is 0. The summed E-state index contributed by atoms with van der Waals surface area (Å²) in [5.41, 5.74) is 1.92. The van der Waals surface area contributed by atoms with Gasteiger partial charge in [0.1, 0.15) is 0 Å². The van der Waals surface area contributed by atoms with Crippen molar-refractivity contribution in [1.29, 1.82) is 0 Å². The first-order chi connectivity index (χ1) is 8.00. The van der Waals surface area contributed by atoms with Crippen LogP contribution in [0, 0.1) is 0 Å². The Labute approximate surface area is 158 Å². The van der Waals surface area contributed by atoms with Crippen LogP contribution in [0.3, 0.4) is 0 Å². The number of rotatable bonds is 2. The Balaban J connectivity index is 0.00000162. The Morgan fingerprint density at radius 3 is 1.16 bits per heavy atom. The van der Waals surface area contributed by atoms with E-state index in [2.05, 4.69) is 13.8 Å². The maximum atomic E-state index is 11.1. The third kappa shape index (κ3) is 4.52. The summed E-state index contributed by atoms with van der Waals surface area (Å²) in [6.45, 7) is 4.15. The summed E-state index contributed by atoms with van der Waals surface area (Å²) in [5, 5.41) is 22.2. The van der Waals surface area contributed by atoms with E-state index in [-0.39, 0.29) is 76.0 Å². The first-order valence-corrected chi connectivity index (χ1v) is 5.55. The van der Waals surface area contributed by atoms with Gasteiger partial charge in [-0.3, -0.25) is 0 Å². The Hall–Kier alpha value is 0.0400. The topological polar surface area (TPSA) is 46.1 Å². The van der Waals surface area contributed by atoms with Gasteiger partial charge in [0, 0.05) is 5.41 Å². The van der Waals surface area contributed by atoms with Gasteiger partial charge in [0.2, 0.25) is 0 Å². The first kappa shape index (κ1) is 19.0. The molecule has 19 heavy (non-hydrogen) atoms. The van der Waals surface area contributed by atoms with Gasteiger partial charge in [-0.15, -0.1) is 11.5 Å². The molecule has 0 aliphatic rings. The van der Waals surface area contributed by atoms with E-state index in [1.54, 1.807) is 24.3 Å². The molecule has 0 fully saturated rings. The van der Waals surface area contributed by atoms with Crippen molar-refractivity contribution in [3.05, 3.63) is 59.7 Å². The molecule has 0 atom stereocenters. The molecule has 0 unspecified atom stereocenters. The average molecular weight is 272 g/mol. The van der Waals surface area contributed by atoms with E-state index in [1.165, 1.54) is 0 Å². The first-order valence-electron chi connectivity index (χ1n) is 5.55. The van der Waals surface area contributed by atoms with E-state index in [9.17, 15) is 10.2 Å². The number of benzene rings is 2. The minimum Gasteiger partial charge on any atom is -0.872 e. The molecule has 0 bridgehead atoms. The van der Waals surface area contributed by atoms with Crippen molar-refractivity contribution >= 4 is 0 Å². The average Bonchev–Trinajstić information content (AvgIpc) is 2.30. The standard InChI is InChI=1S/C15H16O2.2Na/c1-15(2,11-3-7-13(16)8-4-11)12-5-9-14(17)10-6-12;;/h3-10,16-17H,1-2H3;;/q;2*+1/p-2. The summed E-state index contributed by atoms with van der Waals surface area (Å²) in [5.74, 6) is 0.0268. The Morgan fingerprint density at radius 2 is 0.895 bits per heavy atom. The number of hydrogen-bond acceptors (Lipinski definition) is 2. The van der Waals surface area contributed by atoms with Gasteiger partial charge in [0.15, 0.2) is 0 Å². The quantitative estimate of drug-likeness (QED) is 0.526. The second-order valence-electron chi connectivity index (χ2n) is 4.67. The third-order valence-electron chi connectivity index (χ3n) is 3.15. The molecule has 2 aromatic carbocycles. The molecule has 0 N–H and O–H groups in total. The van der Waals surface area contributed by atoms with E-state index in [0.29, 0.717) is 0 Å². The van der Waals surface area contributed by atoms with E-state index < -0.39 is 0 Å². The molecule has 0 saturated carbocycles. The summed E-state index contributed by atoms with van der Waals surface area (Å²) < 4.78 is 0. The minimum atomic E-state index is -0.207. The maximum absolute atomic E-state index is 11.1. The van der Waals surface area contributed by atoms with Gasteiger partial charge in [-0.2, -0.15) is 0 Å². The van der Waals surface area contributed by atoms with Crippen molar-refractivity contribution in [3.63, 3.8) is 0 Å². The van der Waals surface area contributed by atoms with E-state index in [4.69, 9.17) is 0 Å². The minimum absolute atomic E-state index is 0. The fourth-order valence-electron chi connectivity index (χ4n) is 1.91. The van der Waals surface area contributed by atoms with Gasteiger partial charge >= 0.3 is 59.1 Å². The molecule has 2 aromatic rings. The molecule has 0 aliphatic carbocycles. The van der Waals surface area contributed by atoms with Crippen LogP contribution < -0.4 is 69.3 Å². The molecule has 0 aromatic heterocycles. The van der Waals surface area contributed by atoms with Crippen LogP contribution in [0.4, 0.5) is 0 Å². The van der Waals surface area contributed by atoms with Crippen LogP contribution >= 0.6 is 0 Å². The van der Waals surface area contributed by atoms with Crippen LogP contribution in [0.15, 0.2) is 48.5 Å². The van der Waals surface area contributed by atoms with Crippen molar-refractivity contribution in [2.24, 2.45) is 0 Å². The summed E-state index contributed by atoms with van der Waals surface area (Å²) in [6.07, 6.45) is 0. The number of hydrogen-bond donors (Lipinski definition) is 0. The molecular weight excluding hydrogens is 258 g/mol. The Kier molecular flexibility index (Phi) is 7.74. The molecule has 0 aliphatic heterocycles. The van der Waals surface area contributed by atoms with Crippen LogP contribution in [0.5, 0.6) is 11.5 Å². The van der Waals surface area contributed by atoms with E-state index >= 15 is 0 Å². The maximum Gasteiger partial charge on any atom is 1.00 e. The van der Waals surface area contributed by atoms with Crippen molar-refractivity contribution in [2.45, 2.75) is 19.3 Å². The molecule has 0 saturated heterocycles. The van der Waals surface area contributed by atoms with Crippen LogP contribution in [0.1, 0.15) is 25.0 Å². The molecule has 2 nitrogen and oxygen atoms in total. The van der Waals surface area contributed by atoms with E-state index in [0.717, 1.165) is 11.1 Å². The van der Waals surface area contributed by atoms with Crippen LogP contribution in [0.25, 0.3) is 0 Å². The smallest absolute Gasteiger partial charge is 0.872 e. The third-order valence-corrected chi connectivity index (χ3v) is 3.15. The van der Waals surface area contributed by atoms with Crippen LogP contribution in [-0.4, -0.2) is 0 Å². The fraction of sp³-hybridized carbons (Fsp3) is 0.200. The van der Waals surface area contributed by atoms with Gasteiger partial charge in [0.05, 0.1) is 0 Å². The molecular formula is C15H14Na2O2. The second kappa shape index (κ2) is 7.72. The largest absolute Gasteiger partial charge is 1.00 e. The van der Waals surface area contributed by atoms with Gasteiger partial charge in [-0.25, -0.2) is 0 Å². The summed E-state index contributed by atoms with van der Waals surface area (Å²) in [6, 6.07) is 13.6. The molecule has 0 spiro atoms. The zero-order valence-electron chi connectivity index (χ0n) is 11.9. The van der Waals surface area contributed by atoms with E-state index in [1.807, 2.05) is 24.3 Å². The molecule has 0 heterocycles. The molecule has 0 radical (unpaired) electrons. The van der Waals surface area contributed by atoms with Gasteiger partial charge in [-0.1, -0.05) is 62.4 Å². The summed E-state index contributed by atoms with van der Waals surface area (Å²) in [7, 11) is 0. The zero-order chi connectivity index (χ0) is 12.5. The Morgan fingerprint density at radius 1 is 0.632 bits per heavy atom. The monoisotopic (exact) mass is 272 g/mol. The molecule has 4 heteroatoms. The van der Waals surface area contributed by atoms with Crippen molar-refractivity contribution < 1.29 is 69.3 Å². The normalized spacial score (nSPS) is 10.2. The molecule has 88 valence electrons. The Bertz CT molecular complexity index is 457. The fourth-order valence-corrected chi connectivity index (χ4v) is 1.91. The molecule has 0 amide bonds. The summed E-state index contributed by atoms with van der Waals surface area (Å²) >= 11 is 0. The second-order valence-corrected chi connectivity index (χ2v) is 4.67. The van der Waals surface area contributed by atoms with Gasteiger partial charge < -0.3 is 10.2 Å².